The number of carbonyl (C=O) groups is 1. The van der Waals surface area contributed by atoms with E-state index in [2.05, 4.69) is 6.07 Å². The van der Waals surface area contributed by atoms with Gasteiger partial charge in [0.1, 0.15) is 0 Å². The molecule has 0 saturated heterocycles. The van der Waals surface area contributed by atoms with Gasteiger partial charge in [-0.2, -0.15) is 11.8 Å². The molecule has 2 aromatic heterocycles. The van der Waals surface area contributed by atoms with Gasteiger partial charge in [0.15, 0.2) is 0 Å². The molecule has 1 aliphatic rings. The summed E-state index contributed by atoms with van der Waals surface area (Å²) in [7, 11) is 0. The van der Waals surface area contributed by atoms with Crippen molar-refractivity contribution in [2.45, 2.75) is 19.1 Å². The number of carbonyl (C=O) groups excluding carboxylic acids is 1. The Hall–Kier alpha value is -0.580. The summed E-state index contributed by atoms with van der Waals surface area (Å²) >= 11 is 5.21. The molecule has 0 saturated carbocycles. The van der Waals surface area contributed by atoms with Crippen molar-refractivity contribution in [3.05, 3.63) is 43.3 Å². The van der Waals surface area contributed by atoms with E-state index in [9.17, 15) is 4.79 Å². The average molecular weight is 280 g/mol. The van der Waals surface area contributed by atoms with E-state index < -0.39 is 0 Å². The maximum Gasteiger partial charge on any atom is 0.213 e. The fourth-order valence-corrected chi connectivity index (χ4v) is 5.24. The van der Waals surface area contributed by atoms with Crippen LogP contribution in [0.5, 0.6) is 0 Å². The lowest BCUT2D eigenvalue weighted by Crippen LogP contribution is -1.97. The third-order valence-electron chi connectivity index (χ3n) is 2.92. The van der Waals surface area contributed by atoms with Crippen LogP contribution in [0.2, 0.25) is 0 Å². The van der Waals surface area contributed by atoms with Crippen LogP contribution < -0.4 is 0 Å². The van der Waals surface area contributed by atoms with Crippen LogP contribution in [0, 0.1) is 6.92 Å². The van der Waals surface area contributed by atoms with Crippen LogP contribution in [0.15, 0.2) is 17.5 Å². The van der Waals surface area contributed by atoms with Crippen LogP contribution in [0.4, 0.5) is 0 Å². The minimum atomic E-state index is 0.210. The van der Waals surface area contributed by atoms with Gasteiger partial charge in [0, 0.05) is 10.6 Å². The zero-order valence-corrected chi connectivity index (χ0v) is 11.9. The Morgan fingerprint density at radius 2 is 2.29 bits per heavy atom. The average Bonchev–Trinajstić information content (AvgIpc) is 2.93. The summed E-state index contributed by atoms with van der Waals surface area (Å²) in [6.45, 7) is 2.01. The SMILES string of the molecule is Cc1ccsc1C(=O)c1cc2c(s1)CCSC2. The Bertz CT molecular complexity index is 541. The molecule has 3 rings (SSSR count). The van der Waals surface area contributed by atoms with E-state index in [1.54, 1.807) is 22.7 Å². The molecule has 1 aliphatic heterocycles. The van der Waals surface area contributed by atoms with Crippen molar-refractivity contribution in [2.75, 3.05) is 5.75 Å². The molecule has 2 aromatic rings. The molecule has 0 amide bonds. The van der Waals surface area contributed by atoms with Crippen molar-refractivity contribution >= 4 is 40.2 Å². The van der Waals surface area contributed by atoms with Gasteiger partial charge in [-0.1, -0.05) is 0 Å². The van der Waals surface area contributed by atoms with Gasteiger partial charge >= 0.3 is 0 Å². The second kappa shape index (κ2) is 4.59. The first kappa shape index (κ1) is 11.5. The Morgan fingerprint density at radius 1 is 1.41 bits per heavy atom. The monoisotopic (exact) mass is 280 g/mol. The van der Waals surface area contributed by atoms with E-state index in [-0.39, 0.29) is 5.78 Å². The lowest BCUT2D eigenvalue weighted by atomic mass is 10.1. The Balaban J connectivity index is 1.97. The molecule has 0 aromatic carbocycles. The zero-order valence-electron chi connectivity index (χ0n) is 9.49. The molecule has 0 bridgehead atoms. The highest BCUT2D eigenvalue weighted by Gasteiger charge is 2.20. The molecule has 17 heavy (non-hydrogen) atoms. The highest BCUT2D eigenvalue weighted by molar-refractivity contribution is 7.98. The standard InChI is InChI=1S/C13H12OS3/c1-8-2-5-16-13(8)12(14)11-6-9-7-15-4-3-10(9)17-11/h2,5-6H,3-4,7H2,1H3. The van der Waals surface area contributed by atoms with E-state index >= 15 is 0 Å². The molecule has 0 atom stereocenters. The van der Waals surface area contributed by atoms with E-state index in [1.165, 1.54) is 16.2 Å². The number of rotatable bonds is 2. The van der Waals surface area contributed by atoms with Gasteiger partial charge in [0.25, 0.3) is 0 Å². The highest BCUT2D eigenvalue weighted by Crippen LogP contribution is 2.33. The molecule has 0 N–H and O–H groups in total. The van der Waals surface area contributed by atoms with Crippen molar-refractivity contribution in [1.82, 2.24) is 0 Å². The van der Waals surface area contributed by atoms with E-state index in [4.69, 9.17) is 0 Å². The highest BCUT2D eigenvalue weighted by atomic mass is 32.2. The van der Waals surface area contributed by atoms with Crippen LogP contribution in [0.25, 0.3) is 0 Å². The largest absolute Gasteiger partial charge is 0.287 e. The first-order chi connectivity index (χ1) is 8.25. The van der Waals surface area contributed by atoms with Crippen molar-refractivity contribution in [2.24, 2.45) is 0 Å². The first-order valence-corrected chi connectivity index (χ1v) is 8.39. The van der Waals surface area contributed by atoms with E-state index in [0.717, 1.165) is 27.5 Å². The molecule has 1 nitrogen and oxygen atoms in total. The summed E-state index contributed by atoms with van der Waals surface area (Å²) in [6, 6.07) is 4.12. The van der Waals surface area contributed by atoms with Gasteiger partial charge < -0.3 is 0 Å². The van der Waals surface area contributed by atoms with Crippen molar-refractivity contribution in [3.63, 3.8) is 0 Å². The van der Waals surface area contributed by atoms with Crippen LogP contribution in [-0.2, 0) is 12.2 Å². The second-order valence-corrected chi connectivity index (χ2v) is 7.28. The Morgan fingerprint density at radius 3 is 3.00 bits per heavy atom. The molecule has 0 fully saturated rings. The maximum absolute atomic E-state index is 12.4. The molecular weight excluding hydrogens is 268 g/mol. The van der Waals surface area contributed by atoms with Gasteiger partial charge in [0.2, 0.25) is 5.78 Å². The Kier molecular flexibility index (Phi) is 3.11. The quantitative estimate of drug-likeness (QED) is 0.769. The van der Waals surface area contributed by atoms with Gasteiger partial charge in [-0.05, 0) is 47.7 Å². The number of thioether (sulfide) groups is 1. The third kappa shape index (κ3) is 2.09. The summed E-state index contributed by atoms with van der Waals surface area (Å²) in [6.07, 6.45) is 1.13. The predicted molar refractivity (Wildman–Crippen MR) is 76.7 cm³/mol. The number of aryl methyl sites for hydroxylation is 2. The fourth-order valence-electron chi connectivity index (χ4n) is 1.98. The molecule has 88 valence electrons. The number of hydrogen-bond acceptors (Lipinski definition) is 4. The smallest absolute Gasteiger partial charge is 0.213 e. The van der Waals surface area contributed by atoms with Crippen LogP contribution in [-0.4, -0.2) is 11.5 Å². The van der Waals surface area contributed by atoms with Gasteiger partial charge in [-0.25, -0.2) is 0 Å². The molecule has 0 unspecified atom stereocenters. The normalized spacial score (nSPS) is 14.6. The summed E-state index contributed by atoms with van der Waals surface area (Å²) in [5, 5.41) is 1.99. The molecular formula is C13H12OS3. The molecule has 0 spiro atoms. The lowest BCUT2D eigenvalue weighted by molar-refractivity contribution is 0.104. The number of ketones is 1. The minimum Gasteiger partial charge on any atom is -0.287 e. The van der Waals surface area contributed by atoms with Crippen LogP contribution in [0.1, 0.15) is 30.6 Å². The zero-order chi connectivity index (χ0) is 11.8. The summed E-state index contributed by atoms with van der Waals surface area (Å²) in [4.78, 5) is 15.6. The first-order valence-electron chi connectivity index (χ1n) is 5.54. The summed E-state index contributed by atoms with van der Waals surface area (Å²) in [5.74, 6) is 2.48. The minimum absolute atomic E-state index is 0.210. The number of thiophene rings is 2. The second-order valence-electron chi connectivity index (χ2n) is 4.12. The predicted octanol–water partition coefficient (Wildman–Crippen LogP) is 4.14. The Labute approximate surface area is 113 Å². The molecule has 3 heterocycles. The van der Waals surface area contributed by atoms with Crippen molar-refractivity contribution in [3.8, 4) is 0 Å². The van der Waals surface area contributed by atoms with E-state index in [0.29, 0.717) is 0 Å². The third-order valence-corrected chi connectivity index (χ3v) is 6.18. The lowest BCUT2D eigenvalue weighted by Gasteiger charge is -2.08. The van der Waals surface area contributed by atoms with E-state index in [1.807, 2.05) is 30.1 Å². The van der Waals surface area contributed by atoms with Crippen molar-refractivity contribution in [1.29, 1.82) is 0 Å². The molecule has 0 aliphatic carbocycles. The summed E-state index contributed by atoms with van der Waals surface area (Å²) in [5.41, 5.74) is 2.48. The number of hydrogen-bond donors (Lipinski definition) is 0. The molecule has 4 heteroatoms. The number of fused-ring (bicyclic) bond motifs is 1. The fraction of sp³-hybridized carbons (Fsp3) is 0.308. The van der Waals surface area contributed by atoms with Crippen LogP contribution in [0.3, 0.4) is 0 Å². The maximum atomic E-state index is 12.4. The topological polar surface area (TPSA) is 17.1 Å². The van der Waals surface area contributed by atoms with Gasteiger partial charge in [-0.3, -0.25) is 4.79 Å². The van der Waals surface area contributed by atoms with Gasteiger partial charge in [-0.15, -0.1) is 22.7 Å². The summed E-state index contributed by atoms with van der Waals surface area (Å²) < 4.78 is 0. The van der Waals surface area contributed by atoms with Gasteiger partial charge in [0.05, 0.1) is 9.75 Å². The molecule has 0 radical (unpaired) electrons. The van der Waals surface area contributed by atoms with Crippen molar-refractivity contribution < 1.29 is 4.79 Å². The van der Waals surface area contributed by atoms with Crippen LogP contribution >= 0.6 is 34.4 Å².